The van der Waals surface area contributed by atoms with Crippen LogP contribution in [-0.2, 0) is 4.79 Å². The van der Waals surface area contributed by atoms with E-state index < -0.39 is 0 Å². The van der Waals surface area contributed by atoms with E-state index in [0.717, 1.165) is 24.0 Å². The molecule has 0 fully saturated rings. The Hall–Kier alpha value is -2.35. The number of carbonyl (C=O) groups excluding carboxylic acids is 1. The van der Waals surface area contributed by atoms with Gasteiger partial charge < -0.3 is 5.32 Å². The maximum atomic E-state index is 12.7. The fraction of sp³-hybridized carbons (Fsp3) is 0.250. The molecule has 1 N–H and O–H groups in total. The van der Waals surface area contributed by atoms with Crippen LogP contribution in [0.2, 0.25) is 0 Å². The van der Waals surface area contributed by atoms with Gasteiger partial charge in [-0.1, -0.05) is 74.0 Å². The van der Waals surface area contributed by atoms with Crippen LogP contribution in [0.5, 0.6) is 0 Å². The largest absolute Gasteiger partial charge is 0.350 e. The van der Waals surface area contributed by atoms with Crippen LogP contribution < -0.4 is 5.32 Å². The first-order chi connectivity index (χ1) is 10.7. The van der Waals surface area contributed by atoms with Crippen LogP contribution in [0.15, 0.2) is 60.7 Å². The van der Waals surface area contributed by atoms with Crippen LogP contribution in [0.4, 0.5) is 0 Å². The SMILES string of the molecule is CCCC(C)NC(=O)/C(=C\c1ccccc1)c1ccccc1. The Balaban J connectivity index is 2.30. The minimum Gasteiger partial charge on any atom is -0.350 e. The zero-order valence-corrected chi connectivity index (χ0v) is 13.3. The lowest BCUT2D eigenvalue weighted by atomic mass is 10.0. The van der Waals surface area contributed by atoms with Gasteiger partial charge in [-0.2, -0.15) is 0 Å². The average molecular weight is 293 g/mol. The van der Waals surface area contributed by atoms with E-state index in [2.05, 4.69) is 12.2 Å². The van der Waals surface area contributed by atoms with Crippen molar-refractivity contribution in [1.82, 2.24) is 5.32 Å². The van der Waals surface area contributed by atoms with Crippen LogP contribution in [-0.4, -0.2) is 11.9 Å². The van der Waals surface area contributed by atoms with E-state index in [4.69, 9.17) is 0 Å². The van der Waals surface area contributed by atoms with E-state index in [1.807, 2.05) is 73.7 Å². The van der Waals surface area contributed by atoms with Gasteiger partial charge in [0, 0.05) is 11.6 Å². The van der Waals surface area contributed by atoms with Crippen LogP contribution in [0.3, 0.4) is 0 Å². The molecule has 1 atom stereocenters. The lowest BCUT2D eigenvalue weighted by Gasteiger charge is -2.15. The summed E-state index contributed by atoms with van der Waals surface area (Å²) in [4.78, 5) is 12.7. The zero-order chi connectivity index (χ0) is 15.8. The monoisotopic (exact) mass is 293 g/mol. The summed E-state index contributed by atoms with van der Waals surface area (Å²) in [7, 11) is 0. The fourth-order valence-electron chi connectivity index (χ4n) is 2.42. The first kappa shape index (κ1) is 16.0. The number of hydrogen-bond donors (Lipinski definition) is 1. The van der Waals surface area contributed by atoms with Gasteiger partial charge in [-0.15, -0.1) is 0 Å². The topological polar surface area (TPSA) is 29.1 Å². The van der Waals surface area contributed by atoms with Gasteiger partial charge >= 0.3 is 0 Å². The smallest absolute Gasteiger partial charge is 0.252 e. The Labute approximate surface area is 132 Å². The normalized spacial score (nSPS) is 12.7. The standard InChI is InChI=1S/C20H23NO/c1-3-10-16(2)21-20(22)19(18-13-8-5-9-14-18)15-17-11-6-4-7-12-17/h4-9,11-16H,3,10H2,1-2H3,(H,21,22)/b19-15-. The molecule has 2 nitrogen and oxygen atoms in total. The fourth-order valence-corrected chi connectivity index (χ4v) is 2.42. The van der Waals surface area contributed by atoms with Crippen molar-refractivity contribution < 1.29 is 4.79 Å². The second kappa shape index (κ2) is 8.18. The Morgan fingerprint density at radius 1 is 1.05 bits per heavy atom. The van der Waals surface area contributed by atoms with Crippen molar-refractivity contribution >= 4 is 17.6 Å². The Morgan fingerprint density at radius 2 is 1.64 bits per heavy atom. The van der Waals surface area contributed by atoms with E-state index >= 15 is 0 Å². The van der Waals surface area contributed by atoms with Gasteiger partial charge in [-0.25, -0.2) is 0 Å². The molecule has 0 saturated heterocycles. The molecule has 22 heavy (non-hydrogen) atoms. The number of carbonyl (C=O) groups is 1. The minimum absolute atomic E-state index is 0.0176. The Morgan fingerprint density at radius 3 is 2.23 bits per heavy atom. The van der Waals surface area contributed by atoms with Gasteiger partial charge in [-0.05, 0) is 30.5 Å². The maximum Gasteiger partial charge on any atom is 0.252 e. The molecular formula is C20H23NO. The molecule has 0 saturated carbocycles. The van der Waals surface area contributed by atoms with Crippen molar-refractivity contribution in [3.63, 3.8) is 0 Å². The number of hydrogen-bond acceptors (Lipinski definition) is 1. The quantitative estimate of drug-likeness (QED) is 0.615. The van der Waals surface area contributed by atoms with Crippen molar-refractivity contribution in [3.8, 4) is 0 Å². The molecule has 2 heteroatoms. The van der Waals surface area contributed by atoms with Crippen molar-refractivity contribution in [1.29, 1.82) is 0 Å². The molecule has 0 aromatic heterocycles. The van der Waals surface area contributed by atoms with E-state index in [9.17, 15) is 4.79 Å². The summed E-state index contributed by atoms with van der Waals surface area (Å²) in [5, 5.41) is 3.09. The highest BCUT2D eigenvalue weighted by Gasteiger charge is 2.14. The third kappa shape index (κ3) is 4.59. The molecule has 0 radical (unpaired) electrons. The lowest BCUT2D eigenvalue weighted by Crippen LogP contribution is -2.32. The molecule has 114 valence electrons. The summed E-state index contributed by atoms with van der Waals surface area (Å²) < 4.78 is 0. The third-order valence-electron chi connectivity index (χ3n) is 3.54. The second-order valence-electron chi connectivity index (χ2n) is 5.50. The van der Waals surface area contributed by atoms with Crippen molar-refractivity contribution in [2.24, 2.45) is 0 Å². The Kier molecular flexibility index (Phi) is 5.96. The molecule has 2 aromatic carbocycles. The molecule has 1 unspecified atom stereocenters. The first-order valence-corrected chi connectivity index (χ1v) is 7.83. The van der Waals surface area contributed by atoms with Gasteiger partial charge in [-0.3, -0.25) is 4.79 Å². The van der Waals surface area contributed by atoms with Crippen molar-refractivity contribution in [2.45, 2.75) is 32.7 Å². The summed E-state index contributed by atoms with van der Waals surface area (Å²) in [6, 6.07) is 19.9. The molecule has 0 aliphatic carbocycles. The van der Waals surface area contributed by atoms with Gasteiger partial charge in [0.1, 0.15) is 0 Å². The molecule has 1 amide bonds. The number of nitrogens with one attached hydrogen (secondary N) is 1. The first-order valence-electron chi connectivity index (χ1n) is 7.83. The summed E-state index contributed by atoms with van der Waals surface area (Å²) in [5.41, 5.74) is 2.67. The molecule has 0 heterocycles. The molecule has 0 aliphatic rings. The summed E-state index contributed by atoms with van der Waals surface area (Å²) in [6.45, 7) is 4.17. The predicted molar refractivity (Wildman–Crippen MR) is 93.3 cm³/mol. The van der Waals surface area contributed by atoms with Gasteiger partial charge in [0.2, 0.25) is 0 Å². The molecule has 0 aliphatic heterocycles. The summed E-state index contributed by atoms with van der Waals surface area (Å²) in [6.07, 6.45) is 3.99. The van der Waals surface area contributed by atoms with Gasteiger partial charge in [0.15, 0.2) is 0 Å². The number of rotatable bonds is 6. The van der Waals surface area contributed by atoms with Gasteiger partial charge in [0.05, 0.1) is 0 Å². The Bertz CT molecular complexity index is 617. The molecule has 2 rings (SSSR count). The van der Waals surface area contributed by atoms with Crippen molar-refractivity contribution in [2.75, 3.05) is 0 Å². The number of amides is 1. The highest BCUT2D eigenvalue weighted by Crippen LogP contribution is 2.19. The summed E-state index contributed by atoms with van der Waals surface area (Å²) >= 11 is 0. The van der Waals surface area contributed by atoms with Crippen LogP contribution in [0, 0.1) is 0 Å². The van der Waals surface area contributed by atoms with E-state index in [-0.39, 0.29) is 11.9 Å². The minimum atomic E-state index is -0.0176. The third-order valence-corrected chi connectivity index (χ3v) is 3.54. The van der Waals surface area contributed by atoms with Crippen molar-refractivity contribution in [3.05, 3.63) is 71.8 Å². The van der Waals surface area contributed by atoms with E-state index in [1.165, 1.54) is 0 Å². The van der Waals surface area contributed by atoms with E-state index in [1.54, 1.807) is 0 Å². The average Bonchev–Trinajstić information content (AvgIpc) is 2.54. The zero-order valence-electron chi connectivity index (χ0n) is 13.3. The number of benzene rings is 2. The van der Waals surface area contributed by atoms with Crippen LogP contribution in [0.25, 0.3) is 11.6 Å². The van der Waals surface area contributed by atoms with Crippen LogP contribution >= 0.6 is 0 Å². The highest BCUT2D eigenvalue weighted by atomic mass is 16.1. The predicted octanol–water partition coefficient (Wildman–Crippen LogP) is 4.53. The molecule has 2 aromatic rings. The lowest BCUT2D eigenvalue weighted by molar-refractivity contribution is -0.116. The maximum absolute atomic E-state index is 12.7. The molecule has 0 spiro atoms. The molecular weight excluding hydrogens is 270 g/mol. The van der Waals surface area contributed by atoms with E-state index in [0.29, 0.717) is 5.57 Å². The van der Waals surface area contributed by atoms with Gasteiger partial charge in [0.25, 0.3) is 5.91 Å². The highest BCUT2D eigenvalue weighted by molar-refractivity contribution is 6.24. The second-order valence-corrected chi connectivity index (χ2v) is 5.50. The summed E-state index contributed by atoms with van der Waals surface area (Å²) in [5.74, 6) is -0.0176. The van der Waals surface area contributed by atoms with Crippen LogP contribution in [0.1, 0.15) is 37.8 Å². The molecule has 0 bridgehead atoms.